The quantitative estimate of drug-likeness (QED) is 0.389. The van der Waals surface area contributed by atoms with Crippen molar-refractivity contribution in [1.82, 2.24) is 20.4 Å². The highest BCUT2D eigenvalue weighted by Crippen LogP contribution is 2.29. The van der Waals surface area contributed by atoms with Crippen LogP contribution in [0.1, 0.15) is 76.2 Å². The molecule has 11 heteroatoms. The Labute approximate surface area is 283 Å². The predicted octanol–water partition coefficient (Wildman–Crippen LogP) is 4.22. The summed E-state index contributed by atoms with van der Waals surface area (Å²) in [6.07, 6.45) is 2.91. The normalized spacial score (nSPS) is 18.9. The zero-order valence-electron chi connectivity index (χ0n) is 28.7. The van der Waals surface area contributed by atoms with Crippen LogP contribution in [0.4, 0.5) is 0 Å². The molecule has 0 radical (unpaired) electrons. The summed E-state index contributed by atoms with van der Waals surface area (Å²) in [7, 11) is 1.51. The Balaban J connectivity index is 1.61. The number of amides is 4. The smallest absolute Gasteiger partial charge is 0.252 e. The van der Waals surface area contributed by atoms with Crippen LogP contribution in [-0.2, 0) is 20.8 Å². The highest BCUT2D eigenvalue weighted by Gasteiger charge is 2.37. The zero-order chi connectivity index (χ0) is 35.2. The molecular weight excluding hydrogens is 608 g/mol. The molecule has 2 aromatic rings. The largest absolute Gasteiger partial charge is 0.497 e. The number of ether oxygens (including phenoxy) is 1. The van der Waals surface area contributed by atoms with Gasteiger partial charge in [-0.15, -0.1) is 0 Å². The molecule has 0 saturated carbocycles. The second-order valence-electron chi connectivity index (χ2n) is 14.0. The number of nitrogens with one attached hydrogen (secondary N) is 2. The zero-order valence-corrected chi connectivity index (χ0v) is 28.7. The Hall–Kier alpha value is -4.90. The number of hydrogen-bond acceptors (Lipinski definition) is 7. The average Bonchev–Trinajstić information content (AvgIpc) is 3.75. The molecule has 2 fully saturated rings. The van der Waals surface area contributed by atoms with Crippen LogP contribution in [0, 0.1) is 34.0 Å². The van der Waals surface area contributed by atoms with E-state index >= 15 is 0 Å². The van der Waals surface area contributed by atoms with E-state index in [0.29, 0.717) is 42.8 Å². The minimum Gasteiger partial charge on any atom is -0.497 e. The molecule has 11 nitrogen and oxygen atoms in total. The first kappa shape index (κ1) is 35.9. The first-order chi connectivity index (χ1) is 22.8. The molecule has 0 spiro atoms. The highest BCUT2D eigenvalue weighted by molar-refractivity contribution is 5.99. The molecule has 2 N–H and O–H groups in total. The van der Waals surface area contributed by atoms with E-state index < -0.39 is 35.5 Å². The van der Waals surface area contributed by atoms with E-state index in [1.54, 1.807) is 48.8 Å². The van der Waals surface area contributed by atoms with Gasteiger partial charge in [-0.2, -0.15) is 10.5 Å². The molecule has 0 aliphatic carbocycles. The molecule has 48 heavy (non-hydrogen) atoms. The van der Waals surface area contributed by atoms with E-state index in [9.17, 15) is 29.7 Å². The molecule has 2 heterocycles. The molecule has 4 rings (SSSR count). The Morgan fingerprint density at radius 1 is 0.896 bits per heavy atom. The summed E-state index contributed by atoms with van der Waals surface area (Å²) in [5, 5.41) is 24.9. The van der Waals surface area contributed by atoms with Gasteiger partial charge in [-0.3, -0.25) is 19.2 Å². The molecule has 254 valence electrons. The van der Waals surface area contributed by atoms with Crippen molar-refractivity contribution in [3.8, 4) is 29.0 Å². The lowest BCUT2D eigenvalue weighted by molar-refractivity contribution is -0.138. The van der Waals surface area contributed by atoms with Gasteiger partial charge in [0.2, 0.25) is 17.7 Å². The van der Waals surface area contributed by atoms with Crippen LogP contribution in [0.15, 0.2) is 42.5 Å². The lowest BCUT2D eigenvalue weighted by Crippen LogP contribution is -2.53. The number of benzene rings is 2. The summed E-state index contributed by atoms with van der Waals surface area (Å²) >= 11 is 0. The van der Waals surface area contributed by atoms with Gasteiger partial charge in [0.05, 0.1) is 19.2 Å². The lowest BCUT2D eigenvalue weighted by atomic mass is 9.93. The van der Waals surface area contributed by atoms with E-state index in [0.717, 1.165) is 24.0 Å². The third kappa shape index (κ3) is 8.32. The van der Waals surface area contributed by atoms with Gasteiger partial charge in [-0.25, -0.2) is 0 Å². The monoisotopic (exact) mass is 654 g/mol. The Bertz CT molecular complexity index is 1620. The van der Waals surface area contributed by atoms with Crippen LogP contribution in [-0.4, -0.2) is 77.8 Å². The number of rotatable bonds is 10. The summed E-state index contributed by atoms with van der Waals surface area (Å²) in [4.78, 5) is 56.9. The average molecular weight is 655 g/mol. The number of carbonyl (C=O) groups is 4. The Morgan fingerprint density at radius 2 is 1.52 bits per heavy atom. The van der Waals surface area contributed by atoms with Gasteiger partial charge in [0.25, 0.3) is 5.91 Å². The second kappa shape index (κ2) is 15.3. The van der Waals surface area contributed by atoms with Crippen molar-refractivity contribution < 1.29 is 23.9 Å². The van der Waals surface area contributed by atoms with Crippen LogP contribution >= 0.6 is 0 Å². The number of nitriles is 2. The van der Waals surface area contributed by atoms with Gasteiger partial charge in [0.1, 0.15) is 29.9 Å². The van der Waals surface area contributed by atoms with E-state index in [4.69, 9.17) is 4.74 Å². The summed E-state index contributed by atoms with van der Waals surface area (Å²) in [6.45, 7) is 10.0. The molecular formula is C37H46N6O5. The maximum atomic E-state index is 13.7. The van der Waals surface area contributed by atoms with Crippen molar-refractivity contribution in [2.75, 3.05) is 20.2 Å². The predicted molar refractivity (Wildman–Crippen MR) is 180 cm³/mol. The summed E-state index contributed by atoms with van der Waals surface area (Å²) in [5.74, 6) is -1.02. The van der Waals surface area contributed by atoms with Crippen molar-refractivity contribution in [2.24, 2.45) is 11.3 Å². The van der Waals surface area contributed by atoms with E-state index in [1.165, 1.54) is 7.11 Å². The van der Waals surface area contributed by atoms with Gasteiger partial charge < -0.3 is 25.2 Å². The number of carbonyl (C=O) groups excluding carboxylic acids is 4. The standard InChI is InChI=1S/C37H46N6O5/c1-23(2)32(35(46)43-15-9-13-29(43)22-39)41-33(44)27-18-26(19-30(20-27)48-6)25-11-7-10-24(16-25)17-31(40-36(47)37(3,4)5)34(45)42-14-8-12-28(42)21-38/h7,10-11,16,18-20,23,28-29,31-32H,8-9,12-15,17H2,1-6H3,(H,40,47)(H,41,44)/t28-,29-,31-,32-/m0/s1. The fourth-order valence-electron chi connectivity index (χ4n) is 6.15. The molecule has 2 aliphatic heterocycles. The molecule has 0 unspecified atom stereocenters. The molecule has 0 bridgehead atoms. The van der Waals surface area contributed by atoms with Crippen molar-refractivity contribution >= 4 is 23.6 Å². The van der Waals surface area contributed by atoms with E-state index in [-0.39, 0.29) is 30.1 Å². The van der Waals surface area contributed by atoms with Crippen molar-refractivity contribution in [2.45, 2.75) is 90.9 Å². The minimum absolute atomic E-state index is 0.207. The van der Waals surface area contributed by atoms with Crippen molar-refractivity contribution in [3.05, 3.63) is 53.6 Å². The molecule has 0 aromatic heterocycles. The number of hydrogen-bond donors (Lipinski definition) is 2. The minimum atomic E-state index is -0.866. The van der Waals surface area contributed by atoms with E-state index in [1.807, 2.05) is 38.1 Å². The third-order valence-corrected chi connectivity index (χ3v) is 8.98. The fourth-order valence-corrected chi connectivity index (χ4v) is 6.15. The van der Waals surface area contributed by atoms with Gasteiger partial charge >= 0.3 is 0 Å². The first-order valence-corrected chi connectivity index (χ1v) is 16.6. The Morgan fingerprint density at radius 3 is 2.08 bits per heavy atom. The number of methoxy groups -OCH3 is 1. The number of likely N-dealkylation sites (tertiary alicyclic amines) is 2. The lowest BCUT2D eigenvalue weighted by Gasteiger charge is -2.29. The molecule has 2 aromatic carbocycles. The summed E-state index contributed by atoms with van der Waals surface area (Å²) < 4.78 is 5.54. The van der Waals surface area contributed by atoms with Gasteiger partial charge in [-0.1, -0.05) is 58.9 Å². The second-order valence-corrected chi connectivity index (χ2v) is 14.0. The molecule has 4 atom stereocenters. The third-order valence-electron chi connectivity index (χ3n) is 8.98. The SMILES string of the molecule is COc1cc(C(=O)N[C@H](C(=O)N2CCC[C@H]2C#N)C(C)C)cc(-c2cccc(C[C@H](NC(=O)C(C)(C)C)C(=O)N3CCC[C@H]3C#N)c2)c1. The molecule has 2 aliphatic rings. The fraction of sp³-hybridized carbons (Fsp3) is 0.514. The van der Waals surface area contributed by atoms with Gasteiger partial charge in [0.15, 0.2) is 0 Å². The van der Waals surface area contributed by atoms with Crippen LogP contribution in [0.25, 0.3) is 11.1 Å². The summed E-state index contributed by atoms with van der Waals surface area (Å²) in [5.41, 5.74) is 1.81. The van der Waals surface area contributed by atoms with Crippen molar-refractivity contribution in [3.63, 3.8) is 0 Å². The van der Waals surface area contributed by atoms with Gasteiger partial charge in [-0.05, 0) is 66.5 Å². The van der Waals surface area contributed by atoms with Crippen LogP contribution in [0.5, 0.6) is 5.75 Å². The number of nitrogens with zero attached hydrogens (tertiary/aromatic N) is 4. The topological polar surface area (TPSA) is 156 Å². The first-order valence-electron chi connectivity index (χ1n) is 16.6. The maximum Gasteiger partial charge on any atom is 0.252 e. The van der Waals surface area contributed by atoms with Crippen LogP contribution < -0.4 is 15.4 Å². The summed E-state index contributed by atoms with van der Waals surface area (Å²) in [6, 6.07) is 14.3. The van der Waals surface area contributed by atoms with Crippen LogP contribution in [0.2, 0.25) is 0 Å². The molecule has 4 amide bonds. The van der Waals surface area contributed by atoms with E-state index in [2.05, 4.69) is 22.8 Å². The molecule has 2 saturated heterocycles. The maximum absolute atomic E-state index is 13.7. The highest BCUT2D eigenvalue weighted by atomic mass is 16.5. The van der Waals surface area contributed by atoms with Crippen molar-refractivity contribution in [1.29, 1.82) is 10.5 Å². The van der Waals surface area contributed by atoms with Crippen LogP contribution in [0.3, 0.4) is 0 Å². The van der Waals surface area contributed by atoms with Gasteiger partial charge in [0, 0.05) is 30.5 Å². The Kier molecular flexibility index (Phi) is 11.5.